The number of aromatic nitrogens is 4. The van der Waals surface area contributed by atoms with Gasteiger partial charge in [-0.15, -0.1) is 5.10 Å². The van der Waals surface area contributed by atoms with Gasteiger partial charge in [0, 0.05) is 11.1 Å². The number of nitrogens with one attached hydrogen (secondary N) is 1. The van der Waals surface area contributed by atoms with Gasteiger partial charge in [0.25, 0.3) is 5.91 Å². The molecule has 0 unspecified atom stereocenters. The van der Waals surface area contributed by atoms with Gasteiger partial charge >= 0.3 is 5.63 Å². The standard InChI is InChI=1S/C18H13N5O4/c1-26-15-7-2-4-11-8-14(18(25)27-16(11)15)17(24)20-12-5-3-6-13(9-12)23-10-19-21-22-23/h2-10H,1H3,(H,20,24). The highest BCUT2D eigenvalue weighted by Gasteiger charge is 2.16. The summed E-state index contributed by atoms with van der Waals surface area (Å²) in [7, 11) is 1.48. The van der Waals surface area contributed by atoms with Crippen LogP contribution in [0.4, 0.5) is 5.69 Å². The largest absolute Gasteiger partial charge is 0.493 e. The summed E-state index contributed by atoms with van der Waals surface area (Å²) in [5.74, 6) is -0.159. The zero-order chi connectivity index (χ0) is 18.8. The van der Waals surface area contributed by atoms with Gasteiger partial charge in [0.1, 0.15) is 11.9 Å². The van der Waals surface area contributed by atoms with Crippen LogP contribution in [0.5, 0.6) is 5.75 Å². The quantitative estimate of drug-likeness (QED) is 0.552. The molecule has 0 bridgehead atoms. The molecule has 9 nitrogen and oxygen atoms in total. The van der Waals surface area contributed by atoms with Gasteiger partial charge in [-0.1, -0.05) is 18.2 Å². The van der Waals surface area contributed by atoms with E-state index in [-0.39, 0.29) is 5.56 Å². The topological polar surface area (TPSA) is 112 Å². The monoisotopic (exact) mass is 363 g/mol. The van der Waals surface area contributed by atoms with Crippen LogP contribution in [0.25, 0.3) is 16.7 Å². The number of anilines is 1. The van der Waals surface area contributed by atoms with Crippen molar-refractivity contribution >= 4 is 22.6 Å². The molecule has 4 aromatic rings. The summed E-state index contributed by atoms with van der Waals surface area (Å²) in [6.07, 6.45) is 1.44. The molecule has 4 rings (SSSR count). The van der Waals surface area contributed by atoms with Crippen LogP contribution in [0, 0.1) is 0 Å². The van der Waals surface area contributed by atoms with Crippen LogP contribution < -0.4 is 15.7 Å². The van der Waals surface area contributed by atoms with Crippen molar-refractivity contribution in [3.63, 3.8) is 0 Å². The van der Waals surface area contributed by atoms with Gasteiger partial charge in [0.2, 0.25) is 0 Å². The van der Waals surface area contributed by atoms with Crippen molar-refractivity contribution in [3.8, 4) is 11.4 Å². The van der Waals surface area contributed by atoms with E-state index in [9.17, 15) is 9.59 Å². The third-order valence-corrected chi connectivity index (χ3v) is 3.91. The Hall–Kier alpha value is -4.01. The first-order chi connectivity index (χ1) is 13.2. The van der Waals surface area contributed by atoms with E-state index in [0.717, 1.165) is 0 Å². The number of tetrazole rings is 1. The van der Waals surface area contributed by atoms with E-state index < -0.39 is 11.5 Å². The Bertz CT molecular complexity index is 1180. The molecule has 0 saturated carbocycles. The number of fused-ring (bicyclic) bond motifs is 1. The Morgan fingerprint density at radius 3 is 2.81 bits per heavy atom. The minimum atomic E-state index is -0.749. The fourth-order valence-electron chi connectivity index (χ4n) is 2.64. The number of methoxy groups -OCH3 is 1. The van der Waals surface area contributed by atoms with E-state index in [0.29, 0.717) is 28.1 Å². The van der Waals surface area contributed by atoms with E-state index in [4.69, 9.17) is 9.15 Å². The third kappa shape index (κ3) is 3.13. The van der Waals surface area contributed by atoms with Gasteiger partial charge < -0.3 is 14.5 Å². The maximum Gasteiger partial charge on any atom is 0.349 e. The summed E-state index contributed by atoms with van der Waals surface area (Å²) in [5, 5.41) is 14.2. The van der Waals surface area contributed by atoms with E-state index in [2.05, 4.69) is 20.8 Å². The lowest BCUT2D eigenvalue weighted by atomic mass is 10.1. The van der Waals surface area contributed by atoms with Crippen molar-refractivity contribution in [2.24, 2.45) is 0 Å². The summed E-state index contributed by atoms with van der Waals surface area (Å²) < 4.78 is 11.9. The number of benzene rings is 2. The number of amides is 1. The first-order valence-corrected chi connectivity index (χ1v) is 7.91. The van der Waals surface area contributed by atoms with Crippen LogP contribution >= 0.6 is 0 Å². The lowest BCUT2D eigenvalue weighted by Crippen LogP contribution is -2.20. The number of hydrogen-bond acceptors (Lipinski definition) is 7. The Morgan fingerprint density at radius 2 is 2.04 bits per heavy atom. The molecule has 0 atom stereocenters. The molecule has 1 N–H and O–H groups in total. The van der Waals surface area contributed by atoms with Gasteiger partial charge in [-0.25, -0.2) is 9.48 Å². The SMILES string of the molecule is COc1cccc2cc(C(=O)Nc3cccc(-n4cnnn4)c3)c(=O)oc12. The zero-order valence-electron chi connectivity index (χ0n) is 14.1. The smallest absolute Gasteiger partial charge is 0.349 e. The van der Waals surface area contributed by atoms with Crippen LogP contribution in [0.1, 0.15) is 10.4 Å². The summed E-state index contributed by atoms with van der Waals surface area (Å²) in [5.41, 5.74) is 0.582. The Morgan fingerprint density at radius 1 is 1.19 bits per heavy atom. The van der Waals surface area contributed by atoms with Crippen LogP contribution in [-0.4, -0.2) is 33.2 Å². The Kier molecular flexibility index (Phi) is 4.09. The Balaban J connectivity index is 1.67. The number of rotatable bonds is 4. The fourth-order valence-corrected chi connectivity index (χ4v) is 2.64. The molecule has 0 aliphatic rings. The van der Waals surface area contributed by atoms with Crippen molar-refractivity contribution in [2.45, 2.75) is 0 Å². The van der Waals surface area contributed by atoms with Crippen LogP contribution in [0.3, 0.4) is 0 Å². The molecule has 0 saturated heterocycles. The molecule has 0 fully saturated rings. The predicted octanol–water partition coefficient (Wildman–Crippen LogP) is 2.03. The van der Waals surface area contributed by atoms with Crippen molar-refractivity contribution in [3.05, 3.63) is 70.8 Å². The number of carbonyl (C=O) groups excluding carboxylic acids is 1. The molecule has 134 valence electrons. The minimum Gasteiger partial charge on any atom is -0.493 e. The molecule has 0 aliphatic heterocycles. The number of nitrogens with zero attached hydrogens (tertiary/aromatic N) is 4. The second-order valence-corrected chi connectivity index (χ2v) is 5.59. The number of ether oxygens (including phenoxy) is 1. The predicted molar refractivity (Wildman–Crippen MR) is 96.1 cm³/mol. The maximum absolute atomic E-state index is 12.6. The number of hydrogen-bond donors (Lipinski definition) is 1. The minimum absolute atomic E-state index is 0.108. The molecular weight excluding hydrogens is 350 g/mol. The molecule has 1 amide bonds. The second-order valence-electron chi connectivity index (χ2n) is 5.59. The van der Waals surface area contributed by atoms with Crippen molar-refractivity contribution in [1.29, 1.82) is 0 Å². The normalized spacial score (nSPS) is 10.7. The van der Waals surface area contributed by atoms with Gasteiger partial charge in [0.15, 0.2) is 11.3 Å². The van der Waals surface area contributed by atoms with Crippen molar-refractivity contribution in [1.82, 2.24) is 20.2 Å². The highest BCUT2D eigenvalue weighted by Crippen LogP contribution is 2.24. The first-order valence-electron chi connectivity index (χ1n) is 7.91. The molecule has 2 aromatic carbocycles. The van der Waals surface area contributed by atoms with Crippen molar-refractivity contribution in [2.75, 3.05) is 12.4 Å². The van der Waals surface area contributed by atoms with Gasteiger partial charge in [-0.2, -0.15) is 0 Å². The highest BCUT2D eigenvalue weighted by molar-refractivity contribution is 6.05. The fraction of sp³-hybridized carbons (Fsp3) is 0.0556. The van der Waals surface area contributed by atoms with E-state index >= 15 is 0 Å². The number of para-hydroxylation sites is 1. The summed E-state index contributed by atoms with van der Waals surface area (Å²) in [6, 6.07) is 13.5. The molecule has 27 heavy (non-hydrogen) atoms. The molecule has 0 radical (unpaired) electrons. The van der Waals surface area contributed by atoms with Crippen LogP contribution in [0.2, 0.25) is 0 Å². The van der Waals surface area contributed by atoms with E-state index in [1.165, 1.54) is 24.2 Å². The van der Waals surface area contributed by atoms with E-state index in [1.54, 1.807) is 42.5 Å². The summed E-state index contributed by atoms with van der Waals surface area (Å²) >= 11 is 0. The summed E-state index contributed by atoms with van der Waals surface area (Å²) in [6.45, 7) is 0. The molecule has 2 aromatic heterocycles. The third-order valence-electron chi connectivity index (χ3n) is 3.91. The molecule has 0 spiro atoms. The van der Waals surface area contributed by atoms with Crippen molar-refractivity contribution < 1.29 is 13.9 Å². The molecule has 0 aliphatic carbocycles. The Labute approximate surface area is 152 Å². The highest BCUT2D eigenvalue weighted by atomic mass is 16.5. The second kappa shape index (κ2) is 6.71. The maximum atomic E-state index is 12.6. The molecule has 9 heteroatoms. The van der Waals surface area contributed by atoms with E-state index in [1.807, 2.05) is 0 Å². The lowest BCUT2D eigenvalue weighted by molar-refractivity contribution is 0.102. The molecular formula is C18H13N5O4. The average Bonchev–Trinajstić information content (AvgIpc) is 3.22. The zero-order valence-corrected chi connectivity index (χ0v) is 14.1. The van der Waals surface area contributed by atoms with Crippen LogP contribution in [0.15, 0.2) is 64.1 Å². The average molecular weight is 363 g/mol. The first kappa shape index (κ1) is 16.5. The summed E-state index contributed by atoms with van der Waals surface area (Å²) in [4.78, 5) is 24.9. The van der Waals surface area contributed by atoms with Gasteiger partial charge in [-0.3, -0.25) is 4.79 Å². The van der Waals surface area contributed by atoms with Crippen LogP contribution in [-0.2, 0) is 0 Å². The van der Waals surface area contributed by atoms with Gasteiger partial charge in [-0.05, 0) is 40.8 Å². The lowest BCUT2D eigenvalue weighted by Gasteiger charge is -2.08. The van der Waals surface area contributed by atoms with Gasteiger partial charge in [0.05, 0.1) is 12.8 Å². The number of carbonyl (C=O) groups is 1. The molecule has 2 heterocycles.